The molecule has 0 fully saturated rings. The van der Waals surface area contributed by atoms with Gasteiger partial charge in [0.05, 0.1) is 12.6 Å². The summed E-state index contributed by atoms with van der Waals surface area (Å²) in [5.41, 5.74) is 2.87. The molecule has 1 atom stereocenters. The summed E-state index contributed by atoms with van der Waals surface area (Å²) in [5, 5.41) is 22.8. The number of rotatable bonds is 9. The number of nitriles is 1. The molecule has 3 aromatic rings. The molecule has 0 bridgehead atoms. The van der Waals surface area contributed by atoms with E-state index in [-0.39, 0.29) is 11.6 Å². The summed E-state index contributed by atoms with van der Waals surface area (Å²) in [5.74, 6) is 0.309. The van der Waals surface area contributed by atoms with Gasteiger partial charge in [-0.3, -0.25) is 10.1 Å². The molecule has 162 valence electrons. The van der Waals surface area contributed by atoms with Gasteiger partial charge in [-0.2, -0.15) is 5.26 Å². The molecule has 3 rings (SSSR count). The van der Waals surface area contributed by atoms with Crippen molar-refractivity contribution < 1.29 is 9.53 Å². The summed E-state index contributed by atoms with van der Waals surface area (Å²) in [7, 11) is 1.67. The van der Waals surface area contributed by atoms with E-state index >= 15 is 0 Å². The maximum atomic E-state index is 12.6. The second kappa shape index (κ2) is 10.7. The second-order valence-corrected chi connectivity index (χ2v) is 10.1. The van der Waals surface area contributed by atoms with Crippen molar-refractivity contribution in [3.63, 3.8) is 0 Å². The minimum Gasteiger partial charge on any atom is -0.383 e. The first-order valence-electron chi connectivity index (χ1n) is 9.52. The SMILES string of the molecule is COCC(C)n1c(C)cc(/C=C(/C#N)C(=O)Nc2nnc(SCc3cccs3)s2)c1C. The predicted octanol–water partition coefficient (Wildman–Crippen LogP) is 5.06. The molecule has 7 nitrogen and oxygen atoms in total. The minimum absolute atomic E-state index is 0.0163. The summed E-state index contributed by atoms with van der Waals surface area (Å²) in [6.07, 6.45) is 1.61. The molecule has 0 aliphatic rings. The number of hydrogen-bond acceptors (Lipinski definition) is 8. The van der Waals surface area contributed by atoms with Crippen LogP contribution in [0.3, 0.4) is 0 Å². The number of anilines is 1. The average Bonchev–Trinajstić information content (AvgIpc) is 3.46. The van der Waals surface area contributed by atoms with Crippen LogP contribution in [-0.4, -0.2) is 34.4 Å². The van der Waals surface area contributed by atoms with E-state index < -0.39 is 5.91 Å². The zero-order valence-electron chi connectivity index (χ0n) is 17.7. The number of thioether (sulfide) groups is 1. The summed E-state index contributed by atoms with van der Waals surface area (Å²) < 4.78 is 8.17. The van der Waals surface area contributed by atoms with Gasteiger partial charge in [-0.1, -0.05) is 29.2 Å². The highest BCUT2D eigenvalue weighted by Gasteiger charge is 2.17. The highest BCUT2D eigenvalue weighted by Crippen LogP contribution is 2.30. The number of aromatic nitrogens is 3. The molecule has 3 heterocycles. The van der Waals surface area contributed by atoms with Crippen molar-refractivity contribution in [1.82, 2.24) is 14.8 Å². The number of nitrogens with zero attached hydrogens (tertiary/aromatic N) is 4. The molecule has 0 saturated carbocycles. The molecule has 0 radical (unpaired) electrons. The Balaban J connectivity index is 1.70. The molecule has 1 N–H and O–H groups in total. The largest absolute Gasteiger partial charge is 0.383 e. The Kier molecular flexibility index (Phi) is 8.03. The van der Waals surface area contributed by atoms with Gasteiger partial charge in [0, 0.05) is 29.1 Å². The van der Waals surface area contributed by atoms with Crippen molar-refractivity contribution in [3.05, 3.63) is 51.0 Å². The zero-order chi connectivity index (χ0) is 22.4. The number of thiophene rings is 1. The van der Waals surface area contributed by atoms with Crippen LogP contribution < -0.4 is 5.32 Å². The van der Waals surface area contributed by atoms with Gasteiger partial charge >= 0.3 is 0 Å². The van der Waals surface area contributed by atoms with E-state index in [1.165, 1.54) is 16.2 Å². The van der Waals surface area contributed by atoms with Crippen LogP contribution in [0.2, 0.25) is 0 Å². The van der Waals surface area contributed by atoms with Crippen LogP contribution in [0, 0.1) is 25.2 Å². The molecule has 0 saturated heterocycles. The fraction of sp³-hybridized carbons (Fsp3) is 0.333. The van der Waals surface area contributed by atoms with E-state index in [0.29, 0.717) is 11.7 Å². The summed E-state index contributed by atoms with van der Waals surface area (Å²) >= 11 is 4.55. The Morgan fingerprint density at radius 1 is 1.45 bits per heavy atom. The highest BCUT2D eigenvalue weighted by molar-refractivity contribution is 8.00. The molecule has 1 unspecified atom stereocenters. The van der Waals surface area contributed by atoms with Crippen LogP contribution in [0.25, 0.3) is 6.08 Å². The van der Waals surface area contributed by atoms with Crippen molar-refractivity contribution in [1.29, 1.82) is 5.26 Å². The number of amides is 1. The number of ether oxygens (including phenoxy) is 1. The molecule has 0 spiro atoms. The van der Waals surface area contributed by atoms with E-state index in [1.807, 2.05) is 37.4 Å². The van der Waals surface area contributed by atoms with Crippen molar-refractivity contribution in [3.8, 4) is 6.07 Å². The van der Waals surface area contributed by atoms with Gasteiger partial charge in [-0.15, -0.1) is 21.5 Å². The van der Waals surface area contributed by atoms with E-state index in [2.05, 4.69) is 33.1 Å². The summed E-state index contributed by atoms with van der Waals surface area (Å²) in [4.78, 5) is 13.9. The third-order valence-corrected chi connectivity index (χ3v) is 7.66. The first-order chi connectivity index (χ1) is 14.9. The van der Waals surface area contributed by atoms with Crippen LogP contribution in [0.1, 0.15) is 34.8 Å². The van der Waals surface area contributed by atoms with Gasteiger partial charge in [-0.05, 0) is 49.9 Å². The zero-order valence-corrected chi connectivity index (χ0v) is 20.2. The van der Waals surface area contributed by atoms with E-state index in [1.54, 1.807) is 36.3 Å². The molecule has 0 aliphatic carbocycles. The molecular formula is C21H23N5O2S3. The maximum Gasteiger partial charge on any atom is 0.268 e. The average molecular weight is 474 g/mol. The highest BCUT2D eigenvalue weighted by atomic mass is 32.2. The summed E-state index contributed by atoms with van der Waals surface area (Å²) in [6, 6.07) is 8.20. The predicted molar refractivity (Wildman–Crippen MR) is 127 cm³/mol. The van der Waals surface area contributed by atoms with E-state index in [9.17, 15) is 10.1 Å². The lowest BCUT2D eigenvalue weighted by Gasteiger charge is -2.17. The Morgan fingerprint density at radius 3 is 2.94 bits per heavy atom. The van der Waals surface area contributed by atoms with Gasteiger partial charge in [-0.25, -0.2) is 0 Å². The standard InChI is InChI=1S/C21H23N5O2S3/c1-13-8-16(15(3)26(13)14(2)11-28-4)9-17(10-22)19(27)23-20-24-25-21(31-20)30-12-18-6-5-7-29-18/h5-9,14H,11-12H2,1-4H3,(H,23,24,27)/b17-9-. The van der Waals surface area contributed by atoms with Gasteiger partial charge in [0.2, 0.25) is 5.13 Å². The maximum absolute atomic E-state index is 12.6. The number of methoxy groups -OCH3 is 1. The first-order valence-corrected chi connectivity index (χ1v) is 12.2. The summed E-state index contributed by atoms with van der Waals surface area (Å²) in [6.45, 7) is 6.62. The third kappa shape index (κ3) is 5.83. The van der Waals surface area contributed by atoms with Crippen LogP contribution >= 0.6 is 34.4 Å². The van der Waals surface area contributed by atoms with Crippen LogP contribution in [-0.2, 0) is 15.3 Å². The van der Waals surface area contributed by atoms with Crippen molar-refractivity contribution in [2.45, 2.75) is 36.9 Å². The normalized spacial score (nSPS) is 12.5. The van der Waals surface area contributed by atoms with Gasteiger partial charge < -0.3 is 9.30 Å². The lowest BCUT2D eigenvalue weighted by Crippen LogP contribution is -2.14. The van der Waals surface area contributed by atoms with Crippen molar-refractivity contribution >= 4 is 51.6 Å². The Hall–Kier alpha value is -2.45. The van der Waals surface area contributed by atoms with Crippen molar-refractivity contribution in [2.75, 3.05) is 19.0 Å². The van der Waals surface area contributed by atoms with E-state index in [0.717, 1.165) is 27.0 Å². The molecule has 31 heavy (non-hydrogen) atoms. The number of aryl methyl sites for hydroxylation is 1. The molecule has 0 aliphatic heterocycles. The fourth-order valence-corrected chi connectivity index (χ4v) is 5.78. The fourth-order valence-electron chi connectivity index (χ4n) is 3.26. The Bertz CT molecular complexity index is 1110. The minimum atomic E-state index is -0.497. The molecule has 10 heteroatoms. The van der Waals surface area contributed by atoms with Crippen LogP contribution in [0.4, 0.5) is 5.13 Å². The third-order valence-electron chi connectivity index (χ3n) is 4.58. The molecule has 0 aromatic carbocycles. The lowest BCUT2D eigenvalue weighted by atomic mass is 10.1. The number of carbonyl (C=O) groups excluding carboxylic acids is 1. The Labute approximate surface area is 193 Å². The molecular weight excluding hydrogens is 450 g/mol. The monoisotopic (exact) mass is 473 g/mol. The van der Waals surface area contributed by atoms with Gasteiger partial charge in [0.1, 0.15) is 11.6 Å². The number of nitrogens with one attached hydrogen (secondary N) is 1. The number of hydrogen-bond donors (Lipinski definition) is 1. The first kappa shape index (κ1) is 23.2. The van der Waals surface area contributed by atoms with Gasteiger partial charge in [0.25, 0.3) is 5.91 Å². The van der Waals surface area contributed by atoms with Crippen LogP contribution in [0.5, 0.6) is 0 Å². The van der Waals surface area contributed by atoms with Gasteiger partial charge in [0.15, 0.2) is 4.34 Å². The van der Waals surface area contributed by atoms with E-state index in [4.69, 9.17) is 4.74 Å². The topological polar surface area (TPSA) is 92.8 Å². The molecule has 3 aromatic heterocycles. The number of carbonyl (C=O) groups is 1. The molecule has 1 amide bonds. The second-order valence-electron chi connectivity index (χ2n) is 6.87. The lowest BCUT2D eigenvalue weighted by molar-refractivity contribution is -0.112. The van der Waals surface area contributed by atoms with Crippen molar-refractivity contribution in [2.24, 2.45) is 0 Å². The quantitative estimate of drug-likeness (QED) is 0.202. The Morgan fingerprint density at radius 2 is 2.26 bits per heavy atom. The smallest absolute Gasteiger partial charge is 0.268 e. The van der Waals surface area contributed by atoms with Crippen LogP contribution in [0.15, 0.2) is 33.5 Å².